The van der Waals surface area contributed by atoms with Crippen LogP contribution in [0.2, 0.25) is 5.15 Å². The highest BCUT2D eigenvalue weighted by atomic mass is 35.5. The zero-order chi connectivity index (χ0) is 18.4. The van der Waals surface area contributed by atoms with Crippen molar-refractivity contribution in [3.05, 3.63) is 70.5 Å². The lowest BCUT2D eigenvalue weighted by atomic mass is 9.95. The Hall–Kier alpha value is -2.79. The number of fused-ring (bicyclic) bond motifs is 2. The van der Waals surface area contributed by atoms with Gasteiger partial charge in [-0.25, -0.2) is 0 Å². The summed E-state index contributed by atoms with van der Waals surface area (Å²) >= 11 is 6.18. The average Bonchev–Trinajstić information content (AvgIpc) is 2.89. The van der Waals surface area contributed by atoms with Gasteiger partial charge in [-0.2, -0.15) is 5.10 Å². The van der Waals surface area contributed by atoms with Gasteiger partial charge in [0, 0.05) is 10.8 Å². The topological polar surface area (TPSA) is 63.2 Å². The Morgan fingerprint density at radius 3 is 1.96 bits per heavy atom. The van der Waals surface area contributed by atoms with Gasteiger partial charge < -0.3 is 0 Å². The molecular weight excluding hydrogens is 350 g/mol. The van der Waals surface area contributed by atoms with Crippen LogP contribution in [0.4, 0.5) is 0 Å². The molecule has 1 aromatic heterocycles. The first-order valence-corrected chi connectivity index (χ1v) is 8.76. The number of halogens is 1. The van der Waals surface area contributed by atoms with E-state index in [9.17, 15) is 9.59 Å². The minimum Gasteiger partial charge on any atom is -0.269 e. The maximum absolute atomic E-state index is 13.0. The molecule has 6 heteroatoms. The van der Waals surface area contributed by atoms with E-state index in [0.717, 1.165) is 10.8 Å². The standard InChI is InChI=1S/C20H16ClN3O2/c1-11(2)17(16-12-7-3-4-8-13(12)18(21)23-22-16)24-19(25)14-9-5-6-10-15(14)20(24)26/h3-11,17H,1-2H3. The molecule has 3 aromatic rings. The molecule has 4 rings (SSSR count). The molecule has 0 saturated heterocycles. The second-order valence-electron chi connectivity index (χ2n) is 6.64. The first-order valence-electron chi connectivity index (χ1n) is 8.38. The summed E-state index contributed by atoms with van der Waals surface area (Å²) in [6, 6.07) is 13.8. The van der Waals surface area contributed by atoms with Crippen molar-refractivity contribution in [2.45, 2.75) is 19.9 Å². The zero-order valence-corrected chi connectivity index (χ0v) is 15.1. The minimum absolute atomic E-state index is 0.0453. The molecule has 5 nitrogen and oxygen atoms in total. The van der Waals surface area contributed by atoms with E-state index in [2.05, 4.69) is 10.2 Å². The molecule has 0 fully saturated rings. The fourth-order valence-corrected chi connectivity index (χ4v) is 3.71. The summed E-state index contributed by atoms with van der Waals surface area (Å²) in [5, 5.41) is 10.2. The third-order valence-electron chi connectivity index (χ3n) is 4.69. The highest BCUT2D eigenvalue weighted by Crippen LogP contribution is 2.38. The number of hydrogen-bond donors (Lipinski definition) is 0. The smallest absolute Gasteiger partial charge is 0.262 e. The largest absolute Gasteiger partial charge is 0.269 e. The second kappa shape index (κ2) is 6.18. The molecule has 1 aliphatic heterocycles. The van der Waals surface area contributed by atoms with E-state index in [-0.39, 0.29) is 17.7 Å². The molecule has 0 aliphatic carbocycles. The van der Waals surface area contributed by atoms with E-state index < -0.39 is 6.04 Å². The summed E-state index contributed by atoms with van der Waals surface area (Å²) in [5.41, 5.74) is 1.43. The van der Waals surface area contributed by atoms with Crippen molar-refractivity contribution < 1.29 is 9.59 Å². The van der Waals surface area contributed by atoms with Gasteiger partial charge in [0.15, 0.2) is 5.15 Å². The summed E-state index contributed by atoms with van der Waals surface area (Å²) in [4.78, 5) is 27.2. The molecule has 0 spiro atoms. The summed E-state index contributed by atoms with van der Waals surface area (Å²) in [6.07, 6.45) is 0. The number of benzene rings is 2. The molecule has 130 valence electrons. The van der Waals surface area contributed by atoms with Crippen molar-refractivity contribution >= 4 is 34.2 Å². The normalized spacial score (nSPS) is 15.0. The molecule has 0 saturated carbocycles. The van der Waals surface area contributed by atoms with Crippen molar-refractivity contribution in [2.24, 2.45) is 5.92 Å². The zero-order valence-electron chi connectivity index (χ0n) is 14.3. The van der Waals surface area contributed by atoms with E-state index in [4.69, 9.17) is 11.6 Å². The molecule has 0 bridgehead atoms. The van der Waals surface area contributed by atoms with Gasteiger partial charge in [0.2, 0.25) is 0 Å². The maximum atomic E-state index is 13.0. The van der Waals surface area contributed by atoms with Gasteiger partial charge >= 0.3 is 0 Å². The van der Waals surface area contributed by atoms with Crippen LogP contribution in [0, 0.1) is 5.92 Å². The predicted octanol–water partition coefficient (Wildman–Crippen LogP) is 4.28. The molecule has 0 N–H and O–H groups in total. The van der Waals surface area contributed by atoms with E-state index in [1.165, 1.54) is 4.90 Å². The van der Waals surface area contributed by atoms with Crippen LogP contribution in [0.15, 0.2) is 48.5 Å². The summed E-state index contributed by atoms with van der Waals surface area (Å²) in [6.45, 7) is 3.92. The number of carbonyl (C=O) groups excluding carboxylic acids is 2. The van der Waals surface area contributed by atoms with Gasteiger partial charge in [0.25, 0.3) is 11.8 Å². The number of carbonyl (C=O) groups is 2. The summed E-state index contributed by atoms with van der Waals surface area (Å²) < 4.78 is 0. The fraction of sp³-hybridized carbons (Fsp3) is 0.200. The monoisotopic (exact) mass is 365 g/mol. The molecule has 0 radical (unpaired) electrons. The molecular formula is C20H16ClN3O2. The third kappa shape index (κ3) is 2.39. The van der Waals surface area contributed by atoms with Crippen LogP contribution in [-0.2, 0) is 0 Å². The highest BCUT2D eigenvalue weighted by Gasteiger charge is 2.42. The molecule has 26 heavy (non-hydrogen) atoms. The SMILES string of the molecule is CC(C)C(c1nnc(Cl)c2ccccc12)N1C(=O)c2ccccc2C1=O. The molecule has 2 heterocycles. The van der Waals surface area contributed by atoms with Gasteiger partial charge in [-0.1, -0.05) is 61.8 Å². The Labute approximate surface area is 155 Å². The summed E-state index contributed by atoms with van der Waals surface area (Å²) in [7, 11) is 0. The van der Waals surface area contributed by atoms with E-state index >= 15 is 0 Å². The van der Waals surface area contributed by atoms with Gasteiger partial charge in [-0.15, -0.1) is 5.10 Å². The quantitative estimate of drug-likeness (QED) is 0.650. The van der Waals surface area contributed by atoms with Gasteiger partial charge in [0.1, 0.15) is 0 Å². The lowest BCUT2D eigenvalue weighted by molar-refractivity contribution is 0.0534. The number of nitrogens with zero attached hydrogens (tertiary/aromatic N) is 3. The Bertz CT molecular complexity index is 1010. The van der Waals surface area contributed by atoms with Crippen molar-refractivity contribution in [1.29, 1.82) is 0 Å². The molecule has 1 aliphatic rings. The van der Waals surface area contributed by atoms with Crippen molar-refractivity contribution in [3.8, 4) is 0 Å². The first kappa shape index (κ1) is 16.7. The third-order valence-corrected chi connectivity index (χ3v) is 4.97. The number of imide groups is 1. The van der Waals surface area contributed by atoms with E-state index in [1.807, 2.05) is 38.1 Å². The highest BCUT2D eigenvalue weighted by molar-refractivity contribution is 6.34. The van der Waals surface area contributed by atoms with Crippen molar-refractivity contribution in [2.75, 3.05) is 0 Å². The van der Waals surface area contributed by atoms with Crippen LogP contribution in [0.5, 0.6) is 0 Å². The number of hydrogen-bond acceptors (Lipinski definition) is 4. The van der Waals surface area contributed by atoms with Crippen LogP contribution in [-0.4, -0.2) is 26.9 Å². The molecule has 2 amide bonds. The fourth-order valence-electron chi connectivity index (χ4n) is 3.51. The number of aromatic nitrogens is 2. The lowest BCUT2D eigenvalue weighted by Crippen LogP contribution is -2.37. The van der Waals surface area contributed by atoms with Gasteiger partial charge in [0.05, 0.1) is 22.9 Å². The Morgan fingerprint density at radius 2 is 1.38 bits per heavy atom. The van der Waals surface area contributed by atoms with Crippen LogP contribution < -0.4 is 0 Å². The van der Waals surface area contributed by atoms with Gasteiger partial charge in [-0.3, -0.25) is 14.5 Å². The molecule has 2 aromatic carbocycles. The Balaban J connectivity index is 1.91. The Morgan fingerprint density at radius 1 is 0.846 bits per heavy atom. The van der Waals surface area contributed by atoms with Crippen LogP contribution in [0.3, 0.4) is 0 Å². The van der Waals surface area contributed by atoms with E-state index in [0.29, 0.717) is 22.0 Å². The molecule has 1 unspecified atom stereocenters. The van der Waals surface area contributed by atoms with E-state index in [1.54, 1.807) is 24.3 Å². The lowest BCUT2D eigenvalue weighted by Gasteiger charge is -2.29. The minimum atomic E-state index is -0.530. The Kier molecular flexibility index (Phi) is 3.96. The maximum Gasteiger partial charge on any atom is 0.262 e. The van der Waals surface area contributed by atoms with Crippen LogP contribution in [0.25, 0.3) is 10.8 Å². The van der Waals surface area contributed by atoms with Gasteiger partial charge in [-0.05, 0) is 18.1 Å². The molecule has 1 atom stereocenters. The van der Waals surface area contributed by atoms with Crippen molar-refractivity contribution in [3.63, 3.8) is 0 Å². The second-order valence-corrected chi connectivity index (χ2v) is 6.99. The summed E-state index contributed by atoms with van der Waals surface area (Å²) in [5.74, 6) is -0.647. The van der Waals surface area contributed by atoms with Crippen LogP contribution in [0.1, 0.15) is 46.3 Å². The van der Waals surface area contributed by atoms with Crippen LogP contribution >= 0.6 is 11.6 Å². The average molecular weight is 366 g/mol. The first-order chi connectivity index (χ1) is 12.5. The van der Waals surface area contributed by atoms with Crippen molar-refractivity contribution in [1.82, 2.24) is 15.1 Å². The number of amides is 2. The number of rotatable bonds is 3. The predicted molar refractivity (Wildman–Crippen MR) is 99.1 cm³/mol.